The van der Waals surface area contributed by atoms with E-state index in [1.165, 1.54) is 24.3 Å². The summed E-state index contributed by atoms with van der Waals surface area (Å²) >= 11 is 0. The molecule has 1 amide bonds. The highest BCUT2D eigenvalue weighted by atomic mass is 16.6. The third-order valence-corrected chi connectivity index (χ3v) is 3.14. The number of nitrogens with zero attached hydrogens (tertiary/aromatic N) is 1. The van der Waals surface area contributed by atoms with E-state index in [1.807, 2.05) is 0 Å². The SMILES string of the molecule is O=C(COc1ccc([N+](=O)[O-])cc1)NC1CCCC1. The van der Waals surface area contributed by atoms with Crippen molar-refractivity contribution in [3.63, 3.8) is 0 Å². The Hall–Kier alpha value is -2.11. The summed E-state index contributed by atoms with van der Waals surface area (Å²) in [7, 11) is 0. The number of amides is 1. The molecular weight excluding hydrogens is 248 g/mol. The molecule has 0 bridgehead atoms. The van der Waals surface area contributed by atoms with Crippen LogP contribution in [0, 0.1) is 10.1 Å². The number of nitro groups is 1. The van der Waals surface area contributed by atoms with Crippen molar-refractivity contribution in [3.8, 4) is 5.75 Å². The summed E-state index contributed by atoms with van der Waals surface area (Å²) in [4.78, 5) is 21.6. The molecule has 0 aliphatic heterocycles. The van der Waals surface area contributed by atoms with Gasteiger partial charge in [0.15, 0.2) is 6.61 Å². The number of carbonyl (C=O) groups excluding carboxylic acids is 1. The van der Waals surface area contributed by atoms with E-state index in [0.717, 1.165) is 25.7 Å². The highest BCUT2D eigenvalue weighted by Crippen LogP contribution is 2.18. The quantitative estimate of drug-likeness (QED) is 0.651. The standard InChI is InChI=1S/C13H16N2O4/c16-13(14-10-3-1-2-4-10)9-19-12-7-5-11(6-8-12)15(17)18/h5-8,10H,1-4,9H2,(H,14,16). The summed E-state index contributed by atoms with van der Waals surface area (Å²) in [5.41, 5.74) is 0.00255. The first kappa shape index (κ1) is 13.3. The predicted octanol–water partition coefficient (Wildman–Crippen LogP) is 2.03. The molecule has 1 aliphatic carbocycles. The Morgan fingerprint density at radius 2 is 1.95 bits per heavy atom. The van der Waals surface area contributed by atoms with Crippen LogP contribution in [0.4, 0.5) is 5.69 Å². The molecule has 2 rings (SSSR count). The Kier molecular flexibility index (Phi) is 4.33. The maximum atomic E-state index is 11.6. The van der Waals surface area contributed by atoms with Gasteiger partial charge in [0.25, 0.3) is 11.6 Å². The number of carbonyl (C=O) groups is 1. The van der Waals surface area contributed by atoms with Gasteiger partial charge in [-0.25, -0.2) is 0 Å². The zero-order chi connectivity index (χ0) is 13.7. The second kappa shape index (κ2) is 6.17. The molecule has 19 heavy (non-hydrogen) atoms. The zero-order valence-corrected chi connectivity index (χ0v) is 10.5. The number of non-ortho nitro benzene ring substituents is 1. The van der Waals surface area contributed by atoms with Gasteiger partial charge in [-0.05, 0) is 25.0 Å². The predicted molar refractivity (Wildman–Crippen MR) is 69.0 cm³/mol. The average Bonchev–Trinajstić information content (AvgIpc) is 2.89. The van der Waals surface area contributed by atoms with Crippen LogP contribution in [0.15, 0.2) is 24.3 Å². The minimum atomic E-state index is -0.476. The molecule has 1 fully saturated rings. The summed E-state index contributed by atoms with van der Waals surface area (Å²) in [6, 6.07) is 5.95. The van der Waals surface area contributed by atoms with Crippen LogP contribution in [0.1, 0.15) is 25.7 Å². The lowest BCUT2D eigenvalue weighted by molar-refractivity contribution is -0.384. The normalized spacial score (nSPS) is 15.2. The molecule has 6 heteroatoms. The summed E-state index contributed by atoms with van der Waals surface area (Å²) < 4.78 is 5.28. The maximum absolute atomic E-state index is 11.6. The van der Waals surface area contributed by atoms with Crippen LogP contribution < -0.4 is 10.1 Å². The highest BCUT2D eigenvalue weighted by molar-refractivity contribution is 5.77. The van der Waals surface area contributed by atoms with Gasteiger partial charge in [-0.3, -0.25) is 14.9 Å². The van der Waals surface area contributed by atoms with Crippen molar-refractivity contribution in [3.05, 3.63) is 34.4 Å². The van der Waals surface area contributed by atoms with E-state index in [2.05, 4.69) is 5.32 Å². The first-order valence-corrected chi connectivity index (χ1v) is 6.32. The average molecular weight is 264 g/mol. The minimum absolute atomic E-state index is 0.00255. The van der Waals surface area contributed by atoms with Crippen molar-refractivity contribution >= 4 is 11.6 Å². The topological polar surface area (TPSA) is 81.5 Å². The van der Waals surface area contributed by atoms with E-state index < -0.39 is 4.92 Å². The Morgan fingerprint density at radius 3 is 2.53 bits per heavy atom. The van der Waals surface area contributed by atoms with E-state index >= 15 is 0 Å². The number of nitro benzene ring substituents is 1. The monoisotopic (exact) mass is 264 g/mol. The first-order valence-electron chi connectivity index (χ1n) is 6.32. The van der Waals surface area contributed by atoms with Crippen LogP contribution in [0.3, 0.4) is 0 Å². The lowest BCUT2D eigenvalue weighted by atomic mass is 10.2. The fraction of sp³-hybridized carbons (Fsp3) is 0.462. The van der Waals surface area contributed by atoms with Gasteiger partial charge >= 0.3 is 0 Å². The fourth-order valence-electron chi connectivity index (χ4n) is 2.15. The smallest absolute Gasteiger partial charge is 0.269 e. The summed E-state index contributed by atoms with van der Waals surface area (Å²) in [5, 5.41) is 13.4. The van der Waals surface area contributed by atoms with Gasteiger partial charge in [0.1, 0.15) is 5.75 Å². The van der Waals surface area contributed by atoms with Gasteiger partial charge in [0.05, 0.1) is 4.92 Å². The molecule has 0 aromatic heterocycles. The highest BCUT2D eigenvalue weighted by Gasteiger charge is 2.17. The minimum Gasteiger partial charge on any atom is -0.484 e. The molecule has 0 unspecified atom stereocenters. The van der Waals surface area contributed by atoms with Crippen LogP contribution in [0.25, 0.3) is 0 Å². The summed E-state index contributed by atoms with van der Waals surface area (Å²) in [6.45, 7) is -0.0612. The summed E-state index contributed by atoms with van der Waals surface area (Å²) in [5.74, 6) is 0.303. The first-order chi connectivity index (χ1) is 9.15. The third-order valence-electron chi connectivity index (χ3n) is 3.14. The van der Waals surface area contributed by atoms with Crippen molar-refractivity contribution in [1.82, 2.24) is 5.32 Å². The van der Waals surface area contributed by atoms with Gasteiger partial charge in [-0.2, -0.15) is 0 Å². The lowest BCUT2D eigenvalue weighted by Crippen LogP contribution is -2.36. The van der Waals surface area contributed by atoms with E-state index in [1.54, 1.807) is 0 Å². The van der Waals surface area contributed by atoms with Crippen LogP contribution in [-0.2, 0) is 4.79 Å². The molecule has 6 nitrogen and oxygen atoms in total. The van der Waals surface area contributed by atoms with Crippen molar-refractivity contribution in [2.75, 3.05) is 6.61 Å². The molecule has 0 atom stereocenters. The molecule has 0 radical (unpaired) electrons. The Balaban J connectivity index is 1.77. The van der Waals surface area contributed by atoms with E-state index in [4.69, 9.17) is 4.74 Å². The molecule has 1 N–H and O–H groups in total. The van der Waals surface area contributed by atoms with E-state index in [0.29, 0.717) is 5.75 Å². The number of rotatable bonds is 5. The molecule has 0 spiro atoms. The fourth-order valence-corrected chi connectivity index (χ4v) is 2.15. The molecule has 0 saturated heterocycles. The van der Waals surface area contributed by atoms with Crippen LogP contribution in [0.2, 0.25) is 0 Å². The third kappa shape index (κ3) is 3.94. The van der Waals surface area contributed by atoms with Crippen LogP contribution >= 0.6 is 0 Å². The molecule has 1 saturated carbocycles. The van der Waals surface area contributed by atoms with Crippen LogP contribution in [0.5, 0.6) is 5.75 Å². The van der Waals surface area contributed by atoms with Gasteiger partial charge in [-0.15, -0.1) is 0 Å². The second-order valence-corrected chi connectivity index (χ2v) is 4.59. The zero-order valence-electron chi connectivity index (χ0n) is 10.5. The largest absolute Gasteiger partial charge is 0.484 e. The van der Waals surface area contributed by atoms with Gasteiger partial charge in [-0.1, -0.05) is 12.8 Å². The number of hydrogen-bond acceptors (Lipinski definition) is 4. The Morgan fingerprint density at radius 1 is 1.32 bits per heavy atom. The van der Waals surface area contributed by atoms with Crippen LogP contribution in [-0.4, -0.2) is 23.5 Å². The lowest BCUT2D eigenvalue weighted by Gasteiger charge is -2.12. The number of ether oxygens (including phenoxy) is 1. The van der Waals surface area contributed by atoms with E-state index in [-0.39, 0.29) is 24.2 Å². The van der Waals surface area contributed by atoms with Gasteiger partial charge in [0, 0.05) is 18.2 Å². The molecule has 102 valence electrons. The number of nitrogens with one attached hydrogen (secondary N) is 1. The maximum Gasteiger partial charge on any atom is 0.269 e. The Bertz CT molecular complexity index is 452. The van der Waals surface area contributed by atoms with Crippen molar-refractivity contribution in [1.29, 1.82) is 0 Å². The second-order valence-electron chi connectivity index (χ2n) is 4.59. The molecule has 1 aromatic rings. The van der Waals surface area contributed by atoms with Gasteiger partial charge in [0.2, 0.25) is 0 Å². The van der Waals surface area contributed by atoms with Crippen molar-refractivity contribution in [2.24, 2.45) is 0 Å². The number of benzene rings is 1. The van der Waals surface area contributed by atoms with E-state index in [9.17, 15) is 14.9 Å². The molecule has 1 aliphatic rings. The molecule has 0 heterocycles. The Labute approximate surface area is 110 Å². The number of hydrogen-bond donors (Lipinski definition) is 1. The summed E-state index contributed by atoms with van der Waals surface area (Å²) in [6.07, 6.45) is 4.38. The van der Waals surface area contributed by atoms with Crippen molar-refractivity contribution in [2.45, 2.75) is 31.7 Å². The van der Waals surface area contributed by atoms with Crippen molar-refractivity contribution < 1.29 is 14.5 Å². The molecule has 1 aromatic carbocycles. The molecular formula is C13H16N2O4. The van der Waals surface area contributed by atoms with Gasteiger partial charge < -0.3 is 10.1 Å².